The second-order valence-electron chi connectivity index (χ2n) is 4.60. The molecule has 0 aliphatic carbocycles. The predicted molar refractivity (Wildman–Crippen MR) is 68.5 cm³/mol. The first kappa shape index (κ1) is 13.0. The first-order valence-electron chi connectivity index (χ1n) is 6.44. The van der Waals surface area contributed by atoms with Crippen molar-refractivity contribution in [1.82, 2.24) is 9.80 Å². The SMILES string of the molecule is CCC(=O)N1CCN(Cc2ccccc2F)CC1. The number of halogens is 1. The Morgan fingerprint density at radius 2 is 1.89 bits per heavy atom. The maximum atomic E-state index is 13.5. The summed E-state index contributed by atoms with van der Waals surface area (Å²) >= 11 is 0. The molecule has 0 spiro atoms. The van der Waals surface area contributed by atoms with Crippen LogP contribution in [0.4, 0.5) is 4.39 Å². The number of carbonyl (C=O) groups excluding carboxylic acids is 1. The molecule has 1 aromatic carbocycles. The highest BCUT2D eigenvalue weighted by atomic mass is 19.1. The zero-order valence-corrected chi connectivity index (χ0v) is 10.7. The molecule has 4 heteroatoms. The second-order valence-corrected chi connectivity index (χ2v) is 4.60. The highest BCUT2D eigenvalue weighted by molar-refractivity contribution is 5.75. The molecule has 98 valence electrons. The van der Waals surface area contributed by atoms with Crippen molar-refractivity contribution in [3.63, 3.8) is 0 Å². The van der Waals surface area contributed by atoms with E-state index in [0.717, 1.165) is 31.7 Å². The third-order valence-corrected chi connectivity index (χ3v) is 3.38. The van der Waals surface area contributed by atoms with E-state index >= 15 is 0 Å². The van der Waals surface area contributed by atoms with Gasteiger partial charge >= 0.3 is 0 Å². The molecular weight excluding hydrogens is 231 g/mol. The molecule has 1 fully saturated rings. The molecular formula is C14H19FN2O. The molecule has 2 rings (SSSR count). The van der Waals surface area contributed by atoms with E-state index in [1.54, 1.807) is 6.07 Å². The van der Waals surface area contributed by atoms with Crippen molar-refractivity contribution in [2.24, 2.45) is 0 Å². The number of benzene rings is 1. The molecule has 1 aliphatic rings. The summed E-state index contributed by atoms with van der Waals surface area (Å²) in [5.74, 6) is 0.0603. The Kier molecular flexibility index (Phi) is 4.31. The van der Waals surface area contributed by atoms with Crippen LogP contribution in [0.15, 0.2) is 24.3 Å². The third-order valence-electron chi connectivity index (χ3n) is 3.38. The number of nitrogens with zero attached hydrogens (tertiary/aromatic N) is 2. The van der Waals surface area contributed by atoms with Gasteiger partial charge in [0.15, 0.2) is 0 Å². The van der Waals surface area contributed by atoms with E-state index in [1.165, 1.54) is 6.07 Å². The molecule has 0 atom stereocenters. The third kappa shape index (κ3) is 3.07. The standard InChI is InChI=1S/C14H19FN2O/c1-2-14(18)17-9-7-16(8-10-17)11-12-5-3-4-6-13(12)15/h3-6H,2,7-11H2,1H3. The van der Waals surface area contributed by atoms with Gasteiger partial charge in [0.05, 0.1) is 0 Å². The van der Waals surface area contributed by atoms with Crippen LogP contribution in [0.3, 0.4) is 0 Å². The summed E-state index contributed by atoms with van der Waals surface area (Å²) in [5, 5.41) is 0. The van der Waals surface area contributed by atoms with E-state index in [0.29, 0.717) is 13.0 Å². The van der Waals surface area contributed by atoms with E-state index < -0.39 is 0 Å². The fourth-order valence-corrected chi connectivity index (χ4v) is 2.25. The van der Waals surface area contributed by atoms with Crippen molar-refractivity contribution in [1.29, 1.82) is 0 Å². The van der Waals surface area contributed by atoms with Crippen molar-refractivity contribution >= 4 is 5.91 Å². The quantitative estimate of drug-likeness (QED) is 0.817. The molecule has 0 unspecified atom stereocenters. The lowest BCUT2D eigenvalue weighted by molar-refractivity contribution is -0.132. The maximum Gasteiger partial charge on any atom is 0.222 e. The number of rotatable bonds is 3. The van der Waals surface area contributed by atoms with E-state index in [4.69, 9.17) is 0 Å². The van der Waals surface area contributed by atoms with E-state index in [2.05, 4.69) is 4.90 Å². The van der Waals surface area contributed by atoms with Crippen LogP contribution in [0.25, 0.3) is 0 Å². The molecule has 3 nitrogen and oxygen atoms in total. The molecule has 1 aliphatic heterocycles. The molecule has 0 radical (unpaired) electrons. The average Bonchev–Trinajstić information content (AvgIpc) is 2.41. The van der Waals surface area contributed by atoms with Gasteiger partial charge in [-0.15, -0.1) is 0 Å². The van der Waals surface area contributed by atoms with Gasteiger partial charge in [-0.1, -0.05) is 25.1 Å². The Morgan fingerprint density at radius 1 is 1.22 bits per heavy atom. The normalized spacial score (nSPS) is 16.9. The Bertz CT molecular complexity index is 414. The number of amides is 1. The minimum atomic E-state index is -0.149. The van der Waals surface area contributed by atoms with Crippen LogP contribution in [0.2, 0.25) is 0 Å². The topological polar surface area (TPSA) is 23.6 Å². The lowest BCUT2D eigenvalue weighted by Gasteiger charge is -2.34. The van der Waals surface area contributed by atoms with Crippen LogP contribution in [-0.4, -0.2) is 41.9 Å². The second kappa shape index (κ2) is 5.96. The van der Waals surface area contributed by atoms with Crippen LogP contribution in [0, 0.1) is 5.82 Å². The van der Waals surface area contributed by atoms with Crippen LogP contribution in [-0.2, 0) is 11.3 Å². The summed E-state index contributed by atoms with van der Waals surface area (Å²) in [5.41, 5.74) is 0.729. The predicted octanol–water partition coefficient (Wildman–Crippen LogP) is 1.88. The molecule has 0 aromatic heterocycles. The number of hydrogen-bond donors (Lipinski definition) is 0. The van der Waals surface area contributed by atoms with Crippen LogP contribution in [0.1, 0.15) is 18.9 Å². The van der Waals surface area contributed by atoms with E-state index in [-0.39, 0.29) is 11.7 Å². The average molecular weight is 250 g/mol. The Labute approximate surface area is 107 Å². The number of carbonyl (C=O) groups is 1. The van der Waals surface area contributed by atoms with Gasteiger partial charge in [-0.2, -0.15) is 0 Å². The maximum absolute atomic E-state index is 13.5. The fraction of sp³-hybridized carbons (Fsp3) is 0.500. The van der Waals surface area contributed by atoms with Crippen LogP contribution >= 0.6 is 0 Å². The molecule has 1 aromatic rings. The van der Waals surface area contributed by atoms with Crippen LogP contribution in [0.5, 0.6) is 0 Å². The zero-order valence-electron chi connectivity index (χ0n) is 10.7. The van der Waals surface area contributed by atoms with Gasteiger partial charge in [0.1, 0.15) is 5.82 Å². The fourth-order valence-electron chi connectivity index (χ4n) is 2.25. The lowest BCUT2D eigenvalue weighted by Crippen LogP contribution is -2.48. The van der Waals surface area contributed by atoms with Crippen molar-refractivity contribution < 1.29 is 9.18 Å². The summed E-state index contributed by atoms with van der Waals surface area (Å²) in [6.45, 7) is 5.65. The van der Waals surface area contributed by atoms with E-state index in [9.17, 15) is 9.18 Å². The van der Waals surface area contributed by atoms with Gasteiger partial charge in [-0.3, -0.25) is 9.69 Å². The van der Waals surface area contributed by atoms with Gasteiger partial charge in [0.25, 0.3) is 0 Å². The van der Waals surface area contributed by atoms with Crippen molar-refractivity contribution in [3.05, 3.63) is 35.6 Å². The first-order valence-corrected chi connectivity index (χ1v) is 6.44. The minimum Gasteiger partial charge on any atom is -0.340 e. The molecule has 18 heavy (non-hydrogen) atoms. The molecule has 1 amide bonds. The largest absolute Gasteiger partial charge is 0.340 e. The minimum absolute atomic E-state index is 0.149. The Morgan fingerprint density at radius 3 is 2.50 bits per heavy atom. The highest BCUT2D eigenvalue weighted by Gasteiger charge is 2.20. The highest BCUT2D eigenvalue weighted by Crippen LogP contribution is 2.12. The van der Waals surface area contributed by atoms with Crippen molar-refractivity contribution in [2.75, 3.05) is 26.2 Å². The Balaban J connectivity index is 1.87. The summed E-state index contributed by atoms with van der Waals surface area (Å²) < 4.78 is 13.5. The number of piperazine rings is 1. The van der Waals surface area contributed by atoms with Gasteiger partial charge in [-0.05, 0) is 6.07 Å². The smallest absolute Gasteiger partial charge is 0.222 e. The lowest BCUT2D eigenvalue weighted by atomic mass is 10.2. The Hall–Kier alpha value is -1.42. The molecule has 0 N–H and O–H groups in total. The van der Waals surface area contributed by atoms with Crippen molar-refractivity contribution in [2.45, 2.75) is 19.9 Å². The van der Waals surface area contributed by atoms with E-state index in [1.807, 2.05) is 24.0 Å². The summed E-state index contributed by atoms with van der Waals surface area (Å²) in [6.07, 6.45) is 0.563. The summed E-state index contributed by atoms with van der Waals surface area (Å²) in [7, 11) is 0. The summed E-state index contributed by atoms with van der Waals surface area (Å²) in [4.78, 5) is 15.6. The van der Waals surface area contributed by atoms with Gasteiger partial charge in [0, 0.05) is 44.7 Å². The van der Waals surface area contributed by atoms with Gasteiger partial charge in [0.2, 0.25) is 5.91 Å². The van der Waals surface area contributed by atoms with Gasteiger partial charge < -0.3 is 4.90 Å². The molecule has 0 saturated carbocycles. The number of hydrogen-bond acceptors (Lipinski definition) is 2. The molecule has 1 heterocycles. The molecule has 0 bridgehead atoms. The van der Waals surface area contributed by atoms with Crippen LogP contribution < -0.4 is 0 Å². The molecule has 1 saturated heterocycles. The van der Waals surface area contributed by atoms with Crippen molar-refractivity contribution in [3.8, 4) is 0 Å². The van der Waals surface area contributed by atoms with Gasteiger partial charge in [-0.25, -0.2) is 4.39 Å². The monoisotopic (exact) mass is 250 g/mol. The first-order chi connectivity index (χ1) is 8.70. The summed E-state index contributed by atoms with van der Waals surface area (Å²) in [6, 6.07) is 6.87. The zero-order chi connectivity index (χ0) is 13.0.